The predicted molar refractivity (Wildman–Crippen MR) is 68.5 cm³/mol. The molecule has 2 atom stereocenters. The van der Waals surface area contributed by atoms with Crippen molar-refractivity contribution in [3.63, 3.8) is 0 Å². The van der Waals surface area contributed by atoms with Crippen LogP contribution in [0.25, 0.3) is 0 Å². The molecule has 1 saturated heterocycles. The summed E-state index contributed by atoms with van der Waals surface area (Å²) in [6.07, 6.45) is 0.408. The zero-order valence-corrected chi connectivity index (χ0v) is 10.8. The Balaban J connectivity index is 2.08. The predicted octanol–water partition coefficient (Wildman–Crippen LogP) is 1.75. The first kappa shape index (κ1) is 12.4. The summed E-state index contributed by atoms with van der Waals surface area (Å²) in [4.78, 5) is 2.13. The number of hydrogen-bond donors (Lipinski definition) is 1. The maximum atomic E-state index is 9.99. The van der Waals surface area contributed by atoms with Crippen LogP contribution in [0.3, 0.4) is 0 Å². The van der Waals surface area contributed by atoms with Gasteiger partial charge in [0.25, 0.3) is 0 Å². The topological polar surface area (TPSA) is 32.7 Å². The van der Waals surface area contributed by atoms with E-state index in [1.807, 2.05) is 19.2 Å². The van der Waals surface area contributed by atoms with Crippen LogP contribution in [0.2, 0.25) is 0 Å². The molecule has 2 unspecified atom stereocenters. The third kappa shape index (κ3) is 2.79. The molecule has 0 radical (unpaired) electrons. The summed E-state index contributed by atoms with van der Waals surface area (Å²) < 4.78 is 5.95. The van der Waals surface area contributed by atoms with Crippen molar-refractivity contribution in [2.24, 2.45) is 0 Å². The van der Waals surface area contributed by atoms with Crippen molar-refractivity contribution in [1.29, 1.82) is 0 Å². The Hall–Kier alpha value is -1.06. The number of rotatable bonds is 2. The number of benzene rings is 1. The Morgan fingerprint density at radius 1 is 1.35 bits per heavy atom. The lowest BCUT2D eigenvalue weighted by molar-refractivity contribution is -0.0184. The number of aliphatic hydroxyl groups excluding tert-OH is 1. The van der Waals surface area contributed by atoms with Crippen LogP contribution in [0.15, 0.2) is 18.2 Å². The zero-order valence-electron chi connectivity index (χ0n) is 10.8. The lowest BCUT2D eigenvalue weighted by Crippen LogP contribution is -2.47. The quantitative estimate of drug-likeness (QED) is 0.847. The highest BCUT2D eigenvalue weighted by atomic mass is 16.5. The Morgan fingerprint density at radius 2 is 2.12 bits per heavy atom. The molecule has 17 heavy (non-hydrogen) atoms. The monoisotopic (exact) mass is 235 g/mol. The van der Waals surface area contributed by atoms with Gasteiger partial charge in [0.05, 0.1) is 0 Å². The Morgan fingerprint density at radius 3 is 2.82 bits per heavy atom. The molecule has 2 rings (SSSR count). The molecule has 3 heteroatoms. The average molecular weight is 235 g/mol. The number of hydrogen-bond acceptors (Lipinski definition) is 3. The smallest absolute Gasteiger partial charge is 0.127 e. The van der Waals surface area contributed by atoms with E-state index >= 15 is 0 Å². The lowest BCUT2D eigenvalue weighted by atomic mass is 10.0. The first-order valence-electron chi connectivity index (χ1n) is 6.17. The number of aryl methyl sites for hydroxylation is 1. The van der Waals surface area contributed by atoms with Crippen LogP contribution in [0, 0.1) is 13.8 Å². The molecule has 1 aromatic carbocycles. The van der Waals surface area contributed by atoms with Crippen LogP contribution in [-0.2, 0) is 0 Å². The van der Waals surface area contributed by atoms with Crippen LogP contribution in [0.4, 0.5) is 0 Å². The van der Waals surface area contributed by atoms with Gasteiger partial charge in [-0.3, -0.25) is 0 Å². The van der Waals surface area contributed by atoms with Crippen LogP contribution in [0.1, 0.15) is 17.5 Å². The van der Waals surface area contributed by atoms with Crippen molar-refractivity contribution in [3.8, 4) is 5.75 Å². The lowest BCUT2D eigenvalue weighted by Gasteiger charge is -2.34. The number of likely N-dealkylation sites (tertiary alicyclic amines) is 1. The number of nitrogens with zero attached hydrogens (tertiary/aromatic N) is 1. The van der Waals surface area contributed by atoms with Crippen molar-refractivity contribution >= 4 is 0 Å². The summed E-state index contributed by atoms with van der Waals surface area (Å²) in [5.74, 6) is 0.901. The highest BCUT2D eigenvalue weighted by molar-refractivity contribution is 5.38. The third-order valence-electron chi connectivity index (χ3n) is 3.56. The molecule has 0 saturated carbocycles. The molecule has 1 aromatic rings. The van der Waals surface area contributed by atoms with Crippen LogP contribution in [-0.4, -0.2) is 42.4 Å². The minimum Gasteiger partial charge on any atom is -0.487 e. The fraction of sp³-hybridized carbons (Fsp3) is 0.571. The van der Waals surface area contributed by atoms with E-state index in [1.165, 1.54) is 11.1 Å². The second-order valence-electron chi connectivity index (χ2n) is 4.97. The van der Waals surface area contributed by atoms with E-state index in [-0.39, 0.29) is 6.10 Å². The average Bonchev–Trinajstić information content (AvgIpc) is 2.28. The molecule has 1 heterocycles. The van der Waals surface area contributed by atoms with Crippen molar-refractivity contribution in [2.75, 3.05) is 20.1 Å². The Kier molecular flexibility index (Phi) is 3.69. The molecular weight excluding hydrogens is 214 g/mol. The van der Waals surface area contributed by atoms with E-state index in [0.717, 1.165) is 18.7 Å². The number of piperidine rings is 1. The molecule has 0 spiro atoms. The maximum absolute atomic E-state index is 9.99. The fourth-order valence-corrected chi connectivity index (χ4v) is 2.22. The van der Waals surface area contributed by atoms with E-state index in [2.05, 4.69) is 24.8 Å². The normalized spacial score (nSPS) is 25.9. The molecule has 0 bridgehead atoms. The van der Waals surface area contributed by atoms with Gasteiger partial charge in [-0.2, -0.15) is 0 Å². The highest BCUT2D eigenvalue weighted by Crippen LogP contribution is 2.24. The largest absolute Gasteiger partial charge is 0.487 e. The molecule has 1 aliphatic heterocycles. The maximum Gasteiger partial charge on any atom is 0.127 e. The van der Waals surface area contributed by atoms with Crippen molar-refractivity contribution in [2.45, 2.75) is 32.5 Å². The van der Waals surface area contributed by atoms with Gasteiger partial charge in [-0.1, -0.05) is 12.1 Å². The van der Waals surface area contributed by atoms with Gasteiger partial charge in [0.15, 0.2) is 0 Å². The van der Waals surface area contributed by atoms with Gasteiger partial charge in [-0.25, -0.2) is 0 Å². The summed E-state index contributed by atoms with van der Waals surface area (Å²) in [5.41, 5.74) is 2.39. The molecule has 3 nitrogen and oxygen atoms in total. The molecule has 1 fully saturated rings. The van der Waals surface area contributed by atoms with Crippen molar-refractivity contribution in [1.82, 2.24) is 4.90 Å². The van der Waals surface area contributed by atoms with E-state index in [1.54, 1.807) is 0 Å². The summed E-state index contributed by atoms with van der Waals surface area (Å²) in [7, 11) is 2.03. The van der Waals surface area contributed by atoms with Crippen LogP contribution in [0.5, 0.6) is 5.75 Å². The molecule has 0 amide bonds. The molecular formula is C14H21NO2. The van der Waals surface area contributed by atoms with Gasteiger partial charge in [0.2, 0.25) is 0 Å². The van der Waals surface area contributed by atoms with Crippen LogP contribution < -0.4 is 4.74 Å². The van der Waals surface area contributed by atoms with E-state index in [4.69, 9.17) is 4.74 Å². The van der Waals surface area contributed by atoms with Gasteiger partial charge in [-0.15, -0.1) is 0 Å². The summed E-state index contributed by atoms with van der Waals surface area (Å²) >= 11 is 0. The fourth-order valence-electron chi connectivity index (χ4n) is 2.22. The summed E-state index contributed by atoms with van der Waals surface area (Å²) in [6, 6.07) is 6.06. The van der Waals surface area contributed by atoms with E-state index in [9.17, 15) is 5.11 Å². The first-order chi connectivity index (χ1) is 8.08. The van der Waals surface area contributed by atoms with Gasteiger partial charge in [-0.05, 0) is 44.5 Å². The Labute approximate surface area is 103 Å². The third-order valence-corrected chi connectivity index (χ3v) is 3.56. The second kappa shape index (κ2) is 5.07. The first-order valence-corrected chi connectivity index (χ1v) is 6.17. The zero-order chi connectivity index (χ0) is 12.4. The van der Waals surface area contributed by atoms with Gasteiger partial charge < -0.3 is 14.7 Å². The number of ether oxygens (including phenoxy) is 1. The Bertz CT molecular complexity index is 392. The van der Waals surface area contributed by atoms with Crippen molar-refractivity contribution in [3.05, 3.63) is 29.3 Å². The minimum atomic E-state index is -0.395. The van der Waals surface area contributed by atoms with Gasteiger partial charge >= 0.3 is 0 Å². The number of aliphatic hydroxyl groups is 1. The summed E-state index contributed by atoms with van der Waals surface area (Å²) in [6.45, 7) is 5.81. The standard InChI is InChI=1S/C14H21NO2/c1-10-5-4-6-13(11(10)2)17-14-7-8-15(3)9-12(14)16/h4-6,12,14,16H,7-9H2,1-3H3. The summed E-state index contributed by atoms with van der Waals surface area (Å²) in [5, 5.41) is 9.99. The SMILES string of the molecule is Cc1cccc(OC2CCN(C)CC2O)c1C. The second-order valence-corrected chi connectivity index (χ2v) is 4.97. The molecule has 94 valence electrons. The molecule has 0 aliphatic carbocycles. The number of likely N-dealkylation sites (N-methyl/N-ethyl adjacent to an activating group) is 1. The molecule has 1 N–H and O–H groups in total. The van der Waals surface area contributed by atoms with Crippen LogP contribution >= 0.6 is 0 Å². The van der Waals surface area contributed by atoms with E-state index < -0.39 is 6.10 Å². The van der Waals surface area contributed by atoms with Gasteiger partial charge in [0, 0.05) is 13.1 Å². The van der Waals surface area contributed by atoms with Gasteiger partial charge in [0.1, 0.15) is 18.0 Å². The molecule has 0 aromatic heterocycles. The minimum absolute atomic E-state index is 0.0771. The molecule has 1 aliphatic rings. The highest BCUT2D eigenvalue weighted by Gasteiger charge is 2.27. The van der Waals surface area contributed by atoms with Crippen molar-refractivity contribution < 1.29 is 9.84 Å². The van der Waals surface area contributed by atoms with E-state index in [0.29, 0.717) is 6.54 Å². The number of β-amino-alcohol motifs (C(OH)–C–C–N with tert-alkyl or cyclic N) is 1.